The summed E-state index contributed by atoms with van der Waals surface area (Å²) in [7, 11) is -1.50. The van der Waals surface area contributed by atoms with Crippen LogP contribution in [0.15, 0.2) is 23.4 Å². The minimum atomic E-state index is -3.54. The van der Waals surface area contributed by atoms with Gasteiger partial charge in [0.15, 0.2) is 0 Å². The minimum absolute atomic E-state index is 0.137. The second-order valence-electron chi connectivity index (χ2n) is 5.18. The molecule has 0 bridgehead atoms. The lowest BCUT2D eigenvalue weighted by molar-refractivity contribution is 0.394. The van der Waals surface area contributed by atoms with Crippen LogP contribution < -0.4 is 10.5 Å². The van der Waals surface area contributed by atoms with Crippen LogP contribution in [0.1, 0.15) is 12.0 Å². The second kappa shape index (κ2) is 7.00. The molecule has 7 heteroatoms. The summed E-state index contributed by atoms with van der Waals surface area (Å²) in [6.45, 7) is 2.61. The fourth-order valence-corrected chi connectivity index (χ4v) is 3.39. The molecule has 1 aliphatic heterocycles. The number of aromatic nitrogens is 1. The fourth-order valence-electron chi connectivity index (χ4n) is 2.29. The van der Waals surface area contributed by atoms with E-state index >= 15 is 0 Å². The monoisotopic (exact) mass is 308 g/mol. The van der Waals surface area contributed by atoms with Gasteiger partial charge in [-0.05, 0) is 32.0 Å². The zero-order chi connectivity index (χ0) is 15.3. The number of nitrogens with two attached hydrogens (primary N) is 1. The standard InChI is InChI=1S/C14H20N4O2S/c1-18-6-4-13(11-18)9-17-21(19,20)14-7-12(3-2-5-15)8-16-10-14/h7-8,10,13,17H,4-6,9,11,15H2,1H3. The first-order chi connectivity index (χ1) is 10.0. The fraction of sp³-hybridized carbons (Fsp3) is 0.500. The summed E-state index contributed by atoms with van der Waals surface area (Å²) in [4.78, 5) is 6.26. The maximum Gasteiger partial charge on any atom is 0.242 e. The molecule has 6 nitrogen and oxygen atoms in total. The molecule has 1 aromatic heterocycles. The van der Waals surface area contributed by atoms with Crippen molar-refractivity contribution in [3.8, 4) is 11.8 Å². The summed E-state index contributed by atoms with van der Waals surface area (Å²) < 4.78 is 27.2. The molecule has 1 unspecified atom stereocenters. The molecule has 0 aromatic carbocycles. The van der Waals surface area contributed by atoms with E-state index in [1.54, 1.807) is 0 Å². The van der Waals surface area contributed by atoms with Crippen LogP contribution in [0, 0.1) is 17.8 Å². The molecule has 1 atom stereocenters. The van der Waals surface area contributed by atoms with E-state index in [-0.39, 0.29) is 11.4 Å². The number of hydrogen-bond acceptors (Lipinski definition) is 5. The highest BCUT2D eigenvalue weighted by atomic mass is 32.2. The zero-order valence-corrected chi connectivity index (χ0v) is 12.9. The average molecular weight is 308 g/mol. The van der Waals surface area contributed by atoms with E-state index in [0.29, 0.717) is 18.0 Å². The van der Waals surface area contributed by atoms with Gasteiger partial charge < -0.3 is 10.6 Å². The van der Waals surface area contributed by atoms with Crippen molar-refractivity contribution in [2.45, 2.75) is 11.3 Å². The van der Waals surface area contributed by atoms with E-state index in [9.17, 15) is 8.42 Å². The van der Waals surface area contributed by atoms with Gasteiger partial charge in [0.05, 0.1) is 6.54 Å². The average Bonchev–Trinajstić information content (AvgIpc) is 2.89. The maximum absolute atomic E-state index is 12.3. The Morgan fingerprint density at radius 2 is 2.33 bits per heavy atom. The van der Waals surface area contributed by atoms with Crippen LogP contribution in [-0.2, 0) is 10.0 Å². The van der Waals surface area contributed by atoms with Gasteiger partial charge in [0.2, 0.25) is 10.0 Å². The molecule has 0 radical (unpaired) electrons. The van der Waals surface area contributed by atoms with Crippen LogP contribution in [0.25, 0.3) is 0 Å². The normalized spacial score (nSPS) is 19.2. The number of rotatable bonds is 4. The Kier molecular flexibility index (Phi) is 5.31. The predicted octanol–water partition coefficient (Wildman–Crippen LogP) is -0.378. The third kappa shape index (κ3) is 4.51. The van der Waals surface area contributed by atoms with Crippen molar-refractivity contribution in [1.82, 2.24) is 14.6 Å². The molecule has 0 spiro atoms. The first-order valence-electron chi connectivity index (χ1n) is 6.83. The Balaban J connectivity index is 2.05. The van der Waals surface area contributed by atoms with Gasteiger partial charge in [-0.2, -0.15) is 0 Å². The third-order valence-electron chi connectivity index (χ3n) is 3.41. The topological polar surface area (TPSA) is 88.3 Å². The predicted molar refractivity (Wildman–Crippen MR) is 81.0 cm³/mol. The zero-order valence-electron chi connectivity index (χ0n) is 12.0. The number of nitrogens with zero attached hydrogens (tertiary/aromatic N) is 2. The van der Waals surface area contributed by atoms with Crippen molar-refractivity contribution in [2.24, 2.45) is 11.7 Å². The highest BCUT2D eigenvalue weighted by molar-refractivity contribution is 7.89. The molecule has 2 rings (SSSR count). The van der Waals surface area contributed by atoms with Gasteiger partial charge in [0.1, 0.15) is 4.90 Å². The molecule has 21 heavy (non-hydrogen) atoms. The molecule has 3 N–H and O–H groups in total. The molecule has 0 aliphatic carbocycles. The van der Waals surface area contributed by atoms with E-state index in [1.165, 1.54) is 18.5 Å². The largest absolute Gasteiger partial charge is 0.320 e. The first-order valence-corrected chi connectivity index (χ1v) is 8.32. The molecule has 0 amide bonds. The number of hydrogen-bond donors (Lipinski definition) is 2. The van der Waals surface area contributed by atoms with Gasteiger partial charge in [-0.25, -0.2) is 13.1 Å². The Hall–Kier alpha value is -1.46. The van der Waals surface area contributed by atoms with Gasteiger partial charge in [0.25, 0.3) is 0 Å². The van der Waals surface area contributed by atoms with Crippen molar-refractivity contribution in [2.75, 3.05) is 33.2 Å². The van der Waals surface area contributed by atoms with Gasteiger partial charge >= 0.3 is 0 Å². The van der Waals surface area contributed by atoms with E-state index < -0.39 is 10.0 Å². The number of pyridine rings is 1. The van der Waals surface area contributed by atoms with Crippen LogP contribution in [0.5, 0.6) is 0 Å². The van der Waals surface area contributed by atoms with Crippen LogP contribution in [0.2, 0.25) is 0 Å². The number of likely N-dealkylation sites (tertiary alicyclic amines) is 1. The second-order valence-corrected chi connectivity index (χ2v) is 6.95. The van der Waals surface area contributed by atoms with Gasteiger partial charge in [0, 0.05) is 31.0 Å². The highest BCUT2D eigenvalue weighted by Gasteiger charge is 2.22. The molecular weight excluding hydrogens is 288 g/mol. The smallest absolute Gasteiger partial charge is 0.242 e. The van der Waals surface area contributed by atoms with E-state index in [1.807, 2.05) is 7.05 Å². The van der Waals surface area contributed by atoms with Crippen LogP contribution in [-0.4, -0.2) is 51.5 Å². The molecular formula is C14H20N4O2S. The Labute approximate surface area is 125 Å². The Morgan fingerprint density at radius 3 is 3.00 bits per heavy atom. The first kappa shape index (κ1) is 15.9. The number of sulfonamides is 1. The summed E-state index contributed by atoms with van der Waals surface area (Å²) >= 11 is 0. The lowest BCUT2D eigenvalue weighted by atomic mass is 10.1. The molecule has 1 fully saturated rings. The summed E-state index contributed by atoms with van der Waals surface area (Å²) in [5.74, 6) is 5.82. The van der Waals surface area contributed by atoms with Crippen molar-refractivity contribution < 1.29 is 8.42 Å². The molecule has 114 valence electrons. The summed E-state index contributed by atoms with van der Waals surface area (Å²) in [6, 6.07) is 1.51. The number of nitrogens with one attached hydrogen (secondary N) is 1. The van der Waals surface area contributed by atoms with E-state index in [0.717, 1.165) is 19.5 Å². The van der Waals surface area contributed by atoms with Crippen LogP contribution >= 0.6 is 0 Å². The Morgan fingerprint density at radius 1 is 1.52 bits per heavy atom. The third-order valence-corrected chi connectivity index (χ3v) is 4.80. The molecule has 1 saturated heterocycles. The van der Waals surface area contributed by atoms with E-state index in [4.69, 9.17) is 5.73 Å². The molecule has 1 aliphatic rings. The lowest BCUT2D eigenvalue weighted by Crippen LogP contribution is -2.30. The summed E-state index contributed by atoms with van der Waals surface area (Å²) in [6.07, 6.45) is 3.86. The molecule has 2 heterocycles. The lowest BCUT2D eigenvalue weighted by Gasteiger charge is -2.12. The van der Waals surface area contributed by atoms with Gasteiger partial charge in [-0.15, -0.1) is 0 Å². The van der Waals surface area contributed by atoms with Crippen molar-refractivity contribution >= 4 is 10.0 Å². The van der Waals surface area contributed by atoms with Gasteiger partial charge in [-0.1, -0.05) is 11.8 Å². The molecule has 1 aromatic rings. The highest BCUT2D eigenvalue weighted by Crippen LogP contribution is 2.15. The van der Waals surface area contributed by atoms with Crippen LogP contribution in [0.3, 0.4) is 0 Å². The van der Waals surface area contributed by atoms with Gasteiger partial charge in [-0.3, -0.25) is 4.98 Å². The SMILES string of the molecule is CN1CCC(CNS(=O)(=O)c2cncc(C#CCN)c2)C1. The van der Waals surface area contributed by atoms with Crippen LogP contribution in [0.4, 0.5) is 0 Å². The summed E-state index contributed by atoms with van der Waals surface area (Å²) in [5.41, 5.74) is 5.85. The summed E-state index contributed by atoms with van der Waals surface area (Å²) in [5, 5.41) is 0. The minimum Gasteiger partial charge on any atom is -0.320 e. The maximum atomic E-state index is 12.3. The van der Waals surface area contributed by atoms with Crippen molar-refractivity contribution in [3.05, 3.63) is 24.0 Å². The van der Waals surface area contributed by atoms with Crippen molar-refractivity contribution in [1.29, 1.82) is 0 Å². The Bertz CT molecular complexity index is 648. The van der Waals surface area contributed by atoms with E-state index in [2.05, 4.69) is 26.4 Å². The van der Waals surface area contributed by atoms with Crippen molar-refractivity contribution in [3.63, 3.8) is 0 Å². The molecule has 0 saturated carbocycles. The quantitative estimate of drug-likeness (QED) is 0.741.